The highest BCUT2D eigenvalue weighted by Gasteiger charge is 2.03. The zero-order valence-electron chi connectivity index (χ0n) is 8.20. The molecule has 2 rings (SSSR count). The highest BCUT2D eigenvalue weighted by atomic mass is 32.1. The highest BCUT2D eigenvalue weighted by molar-refractivity contribution is 7.71. The number of aromatic nitrogens is 2. The van der Waals surface area contributed by atoms with Crippen molar-refractivity contribution in [1.29, 1.82) is 0 Å². The third kappa shape index (κ3) is 1.67. The van der Waals surface area contributed by atoms with Crippen molar-refractivity contribution in [2.75, 3.05) is 0 Å². The van der Waals surface area contributed by atoms with Gasteiger partial charge >= 0.3 is 0 Å². The zero-order valence-corrected chi connectivity index (χ0v) is 9.84. The monoisotopic (exact) mass is 224 g/mol. The molecule has 2 aromatic rings. The van der Waals surface area contributed by atoms with Gasteiger partial charge in [0, 0.05) is 16.8 Å². The van der Waals surface area contributed by atoms with Gasteiger partial charge in [-0.2, -0.15) is 0 Å². The Morgan fingerprint density at radius 3 is 2.79 bits per heavy atom. The van der Waals surface area contributed by atoms with Crippen molar-refractivity contribution >= 4 is 23.6 Å². The first-order chi connectivity index (χ1) is 6.68. The third-order valence-corrected chi connectivity index (χ3v) is 3.69. The van der Waals surface area contributed by atoms with Crippen LogP contribution >= 0.6 is 23.6 Å². The van der Waals surface area contributed by atoms with Gasteiger partial charge in [0.2, 0.25) is 0 Å². The normalized spacial score (nSPS) is 10.7. The van der Waals surface area contributed by atoms with Gasteiger partial charge in [0.15, 0.2) is 4.77 Å². The zero-order chi connectivity index (χ0) is 10.1. The molecule has 0 spiro atoms. The largest absolute Gasteiger partial charge is 0.337 e. The van der Waals surface area contributed by atoms with Gasteiger partial charge in [-0.25, -0.2) is 0 Å². The van der Waals surface area contributed by atoms with Gasteiger partial charge in [-0.1, -0.05) is 0 Å². The molecule has 0 aliphatic rings. The molecule has 0 fully saturated rings. The Balaban J connectivity index is 2.36. The number of H-pyrrole nitrogens is 1. The minimum absolute atomic E-state index is 0.801. The van der Waals surface area contributed by atoms with Crippen LogP contribution in [0.1, 0.15) is 16.1 Å². The lowest BCUT2D eigenvalue weighted by atomic mass is 10.3. The molecule has 0 radical (unpaired) electrons. The molecule has 0 saturated heterocycles. The summed E-state index contributed by atoms with van der Waals surface area (Å²) in [6.45, 7) is 5.09. The molecule has 4 heteroatoms. The lowest BCUT2D eigenvalue weighted by Gasteiger charge is -2.03. The van der Waals surface area contributed by atoms with Gasteiger partial charge in [-0.15, -0.1) is 11.3 Å². The minimum atomic E-state index is 0.801. The van der Waals surface area contributed by atoms with E-state index in [0.717, 1.165) is 11.3 Å². The molecule has 0 amide bonds. The maximum absolute atomic E-state index is 5.20. The number of aromatic amines is 1. The molecule has 1 N–H and O–H groups in total. The third-order valence-electron chi connectivity index (χ3n) is 2.35. The molecule has 74 valence electrons. The fourth-order valence-corrected chi connectivity index (χ4v) is 2.55. The lowest BCUT2D eigenvalue weighted by molar-refractivity contribution is 0.765. The maximum atomic E-state index is 5.20. The number of rotatable bonds is 2. The highest BCUT2D eigenvalue weighted by Crippen LogP contribution is 2.17. The molecule has 0 aromatic carbocycles. The van der Waals surface area contributed by atoms with Crippen LogP contribution in [0.25, 0.3) is 0 Å². The van der Waals surface area contributed by atoms with Crippen LogP contribution in [0, 0.1) is 18.6 Å². The van der Waals surface area contributed by atoms with Gasteiger partial charge in [-0.05, 0) is 43.1 Å². The predicted octanol–water partition coefficient (Wildman–Crippen LogP) is 3.27. The molecule has 2 aromatic heterocycles. The second-order valence-electron chi connectivity index (χ2n) is 3.35. The molecule has 2 nitrogen and oxygen atoms in total. The van der Waals surface area contributed by atoms with E-state index < -0.39 is 0 Å². The van der Waals surface area contributed by atoms with Crippen molar-refractivity contribution in [2.45, 2.75) is 20.4 Å². The van der Waals surface area contributed by atoms with Crippen molar-refractivity contribution in [2.24, 2.45) is 0 Å². The minimum Gasteiger partial charge on any atom is -0.337 e. The Morgan fingerprint density at radius 2 is 2.29 bits per heavy atom. The number of hydrogen-bond acceptors (Lipinski definition) is 2. The van der Waals surface area contributed by atoms with Gasteiger partial charge in [0.05, 0.1) is 6.54 Å². The average molecular weight is 224 g/mol. The maximum Gasteiger partial charge on any atom is 0.177 e. The Hall–Kier alpha value is -0.870. The van der Waals surface area contributed by atoms with Crippen LogP contribution in [0.2, 0.25) is 0 Å². The molecule has 0 unspecified atom stereocenters. The van der Waals surface area contributed by atoms with E-state index in [0.29, 0.717) is 0 Å². The second-order valence-corrected chi connectivity index (χ2v) is 4.74. The Kier molecular flexibility index (Phi) is 2.56. The number of aryl methyl sites for hydroxylation is 2. The molecule has 14 heavy (non-hydrogen) atoms. The van der Waals surface area contributed by atoms with E-state index in [4.69, 9.17) is 12.2 Å². The SMILES string of the molecule is Cc1ccsc1Cn1c(C)c[nH]c1=S. The van der Waals surface area contributed by atoms with Crippen LogP contribution in [-0.2, 0) is 6.54 Å². The van der Waals surface area contributed by atoms with Crippen molar-refractivity contribution in [3.05, 3.63) is 38.5 Å². The molecule has 0 bridgehead atoms. The fraction of sp³-hybridized carbons (Fsp3) is 0.300. The number of thiophene rings is 1. The average Bonchev–Trinajstić information content (AvgIpc) is 2.67. The van der Waals surface area contributed by atoms with Crippen LogP contribution < -0.4 is 0 Å². The van der Waals surface area contributed by atoms with Crippen LogP contribution in [0.4, 0.5) is 0 Å². The first-order valence-electron chi connectivity index (χ1n) is 4.46. The van der Waals surface area contributed by atoms with Gasteiger partial charge < -0.3 is 9.55 Å². The first kappa shape index (κ1) is 9.68. The van der Waals surface area contributed by atoms with Crippen molar-refractivity contribution < 1.29 is 0 Å². The second kappa shape index (κ2) is 3.71. The molecule has 0 aliphatic heterocycles. The molecule has 0 atom stereocenters. The number of nitrogens with one attached hydrogen (secondary N) is 1. The standard InChI is InChI=1S/C10H12N2S2/c1-7-3-4-14-9(7)6-12-8(2)5-11-10(12)13/h3-5H,6H2,1-2H3,(H,11,13). The van der Waals surface area contributed by atoms with Gasteiger partial charge in [0.25, 0.3) is 0 Å². The van der Waals surface area contributed by atoms with E-state index in [2.05, 4.69) is 34.8 Å². The topological polar surface area (TPSA) is 20.7 Å². The van der Waals surface area contributed by atoms with Gasteiger partial charge in [0.1, 0.15) is 0 Å². The van der Waals surface area contributed by atoms with Gasteiger partial charge in [-0.3, -0.25) is 0 Å². The van der Waals surface area contributed by atoms with Crippen molar-refractivity contribution in [3.8, 4) is 0 Å². The summed E-state index contributed by atoms with van der Waals surface area (Å²) in [5.74, 6) is 0. The number of imidazole rings is 1. The summed E-state index contributed by atoms with van der Waals surface area (Å²) in [5.41, 5.74) is 2.53. The summed E-state index contributed by atoms with van der Waals surface area (Å²) >= 11 is 6.99. The first-order valence-corrected chi connectivity index (χ1v) is 5.75. The summed E-state index contributed by atoms with van der Waals surface area (Å²) in [5, 5.41) is 2.12. The number of nitrogens with zero attached hydrogens (tertiary/aromatic N) is 1. The predicted molar refractivity (Wildman–Crippen MR) is 62.5 cm³/mol. The van der Waals surface area contributed by atoms with E-state index in [1.165, 1.54) is 16.1 Å². The molecule has 0 aliphatic carbocycles. The van der Waals surface area contributed by atoms with Crippen molar-refractivity contribution in [3.63, 3.8) is 0 Å². The summed E-state index contributed by atoms with van der Waals surface area (Å²) in [4.78, 5) is 4.43. The lowest BCUT2D eigenvalue weighted by Crippen LogP contribution is -2.00. The van der Waals surface area contributed by atoms with E-state index in [-0.39, 0.29) is 0 Å². The van der Waals surface area contributed by atoms with Crippen LogP contribution in [0.15, 0.2) is 17.6 Å². The van der Waals surface area contributed by atoms with Crippen molar-refractivity contribution in [1.82, 2.24) is 9.55 Å². The van der Waals surface area contributed by atoms with E-state index in [1.807, 2.05) is 6.20 Å². The Labute approximate surface area is 92.2 Å². The molecule has 0 saturated carbocycles. The van der Waals surface area contributed by atoms with E-state index in [1.54, 1.807) is 11.3 Å². The Morgan fingerprint density at radius 1 is 1.50 bits per heavy atom. The summed E-state index contributed by atoms with van der Waals surface area (Å²) in [6.07, 6.45) is 1.95. The molecular weight excluding hydrogens is 212 g/mol. The van der Waals surface area contributed by atoms with Crippen LogP contribution in [0.5, 0.6) is 0 Å². The molecular formula is C10H12N2S2. The number of hydrogen-bond donors (Lipinski definition) is 1. The summed E-state index contributed by atoms with van der Waals surface area (Å²) in [7, 11) is 0. The van der Waals surface area contributed by atoms with E-state index >= 15 is 0 Å². The quantitative estimate of drug-likeness (QED) is 0.776. The Bertz CT molecular complexity index is 490. The van der Waals surface area contributed by atoms with E-state index in [9.17, 15) is 0 Å². The summed E-state index contributed by atoms with van der Waals surface area (Å²) < 4.78 is 2.92. The fourth-order valence-electron chi connectivity index (χ4n) is 1.39. The van der Waals surface area contributed by atoms with Crippen LogP contribution in [-0.4, -0.2) is 9.55 Å². The molecule has 2 heterocycles. The summed E-state index contributed by atoms with van der Waals surface area (Å²) in [6, 6.07) is 2.14. The van der Waals surface area contributed by atoms with Crippen LogP contribution in [0.3, 0.4) is 0 Å². The smallest absolute Gasteiger partial charge is 0.177 e.